The number of nitriles is 1. The van der Waals surface area contributed by atoms with Gasteiger partial charge in [0.1, 0.15) is 17.1 Å². The van der Waals surface area contributed by atoms with Gasteiger partial charge in [-0.15, -0.1) is 0 Å². The molecule has 2 aromatic heterocycles. The van der Waals surface area contributed by atoms with Crippen LogP contribution in [0.4, 0.5) is 10.6 Å². The van der Waals surface area contributed by atoms with Gasteiger partial charge in [0.2, 0.25) is 0 Å². The minimum Gasteiger partial charge on any atom is -0.443 e. The van der Waals surface area contributed by atoms with E-state index in [1.807, 2.05) is 32.0 Å². The maximum Gasteiger partial charge on any atom is 0.405 e. The number of hydrogen-bond donors (Lipinski definition) is 2. The van der Waals surface area contributed by atoms with E-state index in [1.54, 1.807) is 12.4 Å². The van der Waals surface area contributed by atoms with Crippen LogP contribution in [-0.2, 0) is 24.1 Å². The van der Waals surface area contributed by atoms with Crippen molar-refractivity contribution in [3.63, 3.8) is 0 Å². The van der Waals surface area contributed by atoms with Crippen LogP contribution in [0.3, 0.4) is 0 Å². The van der Waals surface area contributed by atoms with Crippen LogP contribution in [0.2, 0.25) is 0 Å². The van der Waals surface area contributed by atoms with Crippen LogP contribution in [0.5, 0.6) is 0 Å². The summed E-state index contributed by atoms with van der Waals surface area (Å²) in [6, 6.07) is 7.89. The zero-order chi connectivity index (χ0) is 20.8. The van der Waals surface area contributed by atoms with E-state index in [2.05, 4.69) is 20.6 Å². The molecule has 1 aliphatic rings. The smallest absolute Gasteiger partial charge is 0.405 e. The van der Waals surface area contributed by atoms with E-state index in [4.69, 9.17) is 16.2 Å². The molecular formula is C21H22N6O2. The zero-order valence-electron chi connectivity index (χ0n) is 16.3. The van der Waals surface area contributed by atoms with Gasteiger partial charge in [-0.05, 0) is 50.5 Å². The van der Waals surface area contributed by atoms with Gasteiger partial charge in [0.25, 0.3) is 0 Å². The molecule has 4 rings (SSSR count). The average Bonchev–Trinajstić information content (AvgIpc) is 3.22. The summed E-state index contributed by atoms with van der Waals surface area (Å²) in [5.74, 6) is 0.462. The van der Waals surface area contributed by atoms with Crippen LogP contribution in [0.25, 0.3) is 10.9 Å². The number of nitrogens with zero attached hydrogens (tertiary/aromatic N) is 4. The molecule has 1 aliphatic carbocycles. The highest BCUT2D eigenvalue weighted by Crippen LogP contribution is 2.41. The molecule has 29 heavy (non-hydrogen) atoms. The van der Waals surface area contributed by atoms with Crippen LogP contribution < -0.4 is 11.5 Å². The molecule has 0 spiro atoms. The number of fused-ring (bicyclic) bond motifs is 3. The Morgan fingerprint density at radius 3 is 2.79 bits per heavy atom. The van der Waals surface area contributed by atoms with Crippen molar-refractivity contribution in [2.45, 2.75) is 38.8 Å². The predicted octanol–water partition coefficient (Wildman–Crippen LogP) is 2.52. The highest BCUT2D eigenvalue weighted by Gasteiger charge is 2.40. The van der Waals surface area contributed by atoms with Crippen molar-refractivity contribution >= 4 is 22.8 Å². The molecule has 0 radical (unpaired) electrons. The molecule has 0 bridgehead atoms. The number of aromatic nitrogens is 3. The summed E-state index contributed by atoms with van der Waals surface area (Å²) in [6.07, 6.45) is 3.85. The van der Waals surface area contributed by atoms with Crippen molar-refractivity contribution in [3.8, 4) is 6.07 Å². The highest BCUT2D eigenvalue weighted by atomic mass is 16.6. The van der Waals surface area contributed by atoms with Gasteiger partial charge in [-0.2, -0.15) is 5.26 Å². The number of primary amides is 1. The van der Waals surface area contributed by atoms with Gasteiger partial charge in [0.15, 0.2) is 0 Å². The number of benzene rings is 1. The second-order valence-corrected chi connectivity index (χ2v) is 7.87. The predicted molar refractivity (Wildman–Crippen MR) is 108 cm³/mol. The standard InChI is InChI=1S/C21H22N6O2/c1-21(2,29-20(24)28)13-8-15-14-7-12(10-22)3-4-17(14)27(18(15)9-13)11-16-19(23)26-6-5-25-16/h3-7,13H,8-9,11H2,1-2H3,(H2,23,26)(H2,24,28). The molecule has 148 valence electrons. The van der Waals surface area contributed by atoms with Crippen LogP contribution >= 0.6 is 0 Å². The second kappa shape index (κ2) is 6.78. The van der Waals surface area contributed by atoms with Crippen molar-refractivity contribution in [1.82, 2.24) is 14.5 Å². The number of nitrogens with two attached hydrogens (primary N) is 2. The molecule has 4 N–H and O–H groups in total. The maximum absolute atomic E-state index is 11.4. The third-order valence-corrected chi connectivity index (χ3v) is 5.77. The molecule has 8 heteroatoms. The number of hydrogen-bond acceptors (Lipinski definition) is 6. The van der Waals surface area contributed by atoms with Crippen molar-refractivity contribution in [2.24, 2.45) is 11.7 Å². The molecule has 8 nitrogen and oxygen atoms in total. The maximum atomic E-state index is 11.4. The van der Waals surface area contributed by atoms with Gasteiger partial charge in [-0.25, -0.2) is 9.78 Å². The topological polar surface area (TPSA) is 133 Å². The first kappa shape index (κ1) is 18.7. The van der Waals surface area contributed by atoms with E-state index >= 15 is 0 Å². The minimum absolute atomic E-state index is 0.0700. The third-order valence-electron chi connectivity index (χ3n) is 5.77. The second-order valence-electron chi connectivity index (χ2n) is 7.87. The fourth-order valence-corrected chi connectivity index (χ4v) is 4.22. The molecule has 0 fully saturated rings. The largest absolute Gasteiger partial charge is 0.443 e. The Morgan fingerprint density at radius 1 is 1.34 bits per heavy atom. The Labute approximate surface area is 168 Å². The Hall–Kier alpha value is -3.60. The number of amides is 1. The molecular weight excluding hydrogens is 368 g/mol. The first-order valence-electron chi connectivity index (χ1n) is 9.38. The van der Waals surface area contributed by atoms with Crippen LogP contribution in [0, 0.1) is 17.2 Å². The molecule has 3 aromatic rings. The SMILES string of the molecule is CC(C)(OC(N)=O)C1Cc2c(n(Cc3nccnc3N)c3ccc(C#N)cc23)C1. The Balaban J connectivity index is 1.81. The normalized spacial score (nSPS) is 15.8. The van der Waals surface area contributed by atoms with E-state index < -0.39 is 11.7 Å². The summed E-state index contributed by atoms with van der Waals surface area (Å²) in [5.41, 5.74) is 15.2. The summed E-state index contributed by atoms with van der Waals surface area (Å²) < 4.78 is 7.56. The van der Waals surface area contributed by atoms with E-state index in [1.165, 1.54) is 0 Å². The fourth-order valence-electron chi connectivity index (χ4n) is 4.22. The highest BCUT2D eigenvalue weighted by molar-refractivity contribution is 5.87. The summed E-state index contributed by atoms with van der Waals surface area (Å²) in [6.45, 7) is 4.23. The van der Waals surface area contributed by atoms with Gasteiger partial charge < -0.3 is 20.8 Å². The van der Waals surface area contributed by atoms with Crippen molar-refractivity contribution in [1.29, 1.82) is 5.26 Å². The molecule has 0 saturated carbocycles. The molecule has 1 unspecified atom stereocenters. The lowest BCUT2D eigenvalue weighted by atomic mass is 9.88. The quantitative estimate of drug-likeness (QED) is 0.703. The van der Waals surface area contributed by atoms with Gasteiger partial charge in [-0.1, -0.05) is 0 Å². The summed E-state index contributed by atoms with van der Waals surface area (Å²) in [4.78, 5) is 19.9. The van der Waals surface area contributed by atoms with Crippen molar-refractivity contribution in [3.05, 3.63) is 53.1 Å². The van der Waals surface area contributed by atoms with Gasteiger partial charge in [-0.3, -0.25) is 4.98 Å². The third kappa shape index (κ3) is 3.25. The number of ether oxygens (including phenoxy) is 1. The number of nitrogen functional groups attached to an aromatic ring is 1. The van der Waals surface area contributed by atoms with E-state index in [-0.39, 0.29) is 5.92 Å². The summed E-state index contributed by atoms with van der Waals surface area (Å²) in [7, 11) is 0. The Morgan fingerprint density at radius 2 is 2.10 bits per heavy atom. The molecule has 1 aromatic carbocycles. The average molecular weight is 390 g/mol. The van der Waals surface area contributed by atoms with Crippen molar-refractivity contribution in [2.75, 3.05) is 5.73 Å². The molecule has 0 saturated heterocycles. The van der Waals surface area contributed by atoms with Crippen LogP contribution in [0.1, 0.15) is 36.4 Å². The van der Waals surface area contributed by atoms with Crippen molar-refractivity contribution < 1.29 is 9.53 Å². The van der Waals surface area contributed by atoms with E-state index in [0.717, 1.165) is 28.6 Å². The zero-order valence-corrected chi connectivity index (χ0v) is 16.3. The molecule has 2 heterocycles. The molecule has 1 atom stereocenters. The van der Waals surface area contributed by atoms with E-state index in [9.17, 15) is 10.1 Å². The number of carbonyl (C=O) groups is 1. The van der Waals surface area contributed by atoms with Gasteiger partial charge in [0, 0.05) is 34.9 Å². The monoisotopic (exact) mass is 390 g/mol. The van der Waals surface area contributed by atoms with Gasteiger partial charge in [0.05, 0.1) is 18.2 Å². The van der Waals surface area contributed by atoms with Crippen LogP contribution in [0.15, 0.2) is 30.6 Å². The Kier molecular flexibility index (Phi) is 4.38. The number of anilines is 1. The van der Waals surface area contributed by atoms with E-state index in [0.29, 0.717) is 30.0 Å². The lowest BCUT2D eigenvalue weighted by Gasteiger charge is -2.30. The molecule has 1 amide bonds. The van der Waals surface area contributed by atoms with Gasteiger partial charge >= 0.3 is 6.09 Å². The number of rotatable bonds is 4. The first-order chi connectivity index (χ1) is 13.8. The minimum atomic E-state index is -0.779. The van der Waals surface area contributed by atoms with Crippen LogP contribution in [-0.4, -0.2) is 26.2 Å². The molecule has 0 aliphatic heterocycles. The number of carbonyl (C=O) groups excluding carboxylic acids is 1. The Bertz CT molecular complexity index is 1160. The summed E-state index contributed by atoms with van der Waals surface area (Å²) in [5, 5.41) is 10.4. The summed E-state index contributed by atoms with van der Waals surface area (Å²) >= 11 is 0. The first-order valence-corrected chi connectivity index (χ1v) is 9.38. The fraction of sp³-hybridized carbons (Fsp3) is 0.333. The lowest BCUT2D eigenvalue weighted by Crippen LogP contribution is -2.39. The lowest BCUT2D eigenvalue weighted by molar-refractivity contribution is 0.00171.